The van der Waals surface area contributed by atoms with Crippen LogP contribution in [0.5, 0.6) is 5.75 Å². The van der Waals surface area contributed by atoms with Gasteiger partial charge in [0, 0.05) is 43.4 Å². The normalized spacial score (nSPS) is 17.0. The molecule has 1 aliphatic heterocycles. The van der Waals surface area contributed by atoms with Crippen molar-refractivity contribution in [3.8, 4) is 5.75 Å². The summed E-state index contributed by atoms with van der Waals surface area (Å²) >= 11 is 6.24. The van der Waals surface area contributed by atoms with Gasteiger partial charge in [0.2, 0.25) is 5.56 Å². The third kappa shape index (κ3) is 5.15. The molecule has 0 aliphatic carbocycles. The zero-order valence-corrected chi connectivity index (χ0v) is 18.0. The van der Waals surface area contributed by atoms with Gasteiger partial charge in [0.15, 0.2) is 6.29 Å². The number of hydrogen-bond acceptors (Lipinski definition) is 5. The summed E-state index contributed by atoms with van der Waals surface area (Å²) in [5.41, 5.74) is 2.23. The van der Waals surface area contributed by atoms with Crippen LogP contribution in [0.25, 0.3) is 10.9 Å². The average Bonchev–Trinajstić information content (AvgIpc) is 2.78. The molecule has 1 saturated heterocycles. The topological polar surface area (TPSA) is 74.4 Å². The van der Waals surface area contributed by atoms with Gasteiger partial charge in [-0.3, -0.25) is 14.5 Å². The Labute approximate surface area is 186 Å². The first-order valence-corrected chi connectivity index (χ1v) is 11.0. The van der Waals surface area contributed by atoms with Gasteiger partial charge in [0.05, 0.1) is 17.1 Å². The number of piperazine rings is 1. The molecule has 6 nitrogen and oxygen atoms in total. The molecule has 0 bridgehead atoms. The predicted octanol–water partition coefficient (Wildman–Crippen LogP) is 3.80. The fourth-order valence-corrected chi connectivity index (χ4v) is 4.34. The molecule has 2 aromatic carbocycles. The zero-order chi connectivity index (χ0) is 21.6. The molecule has 1 aliphatic rings. The number of aromatic nitrogens is 1. The molecule has 1 unspecified atom stereocenters. The number of pyridine rings is 1. The van der Waals surface area contributed by atoms with E-state index in [9.17, 15) is 9.59 Å². The maximum absolute atomic E-state index is 11.6. The van der Waals surface area contributed by atoms with Crippen LogP contribution in [0.2, 0.25) is 5.02 Å². The molecule has 2 N–H and O–H groups in total. The highest BCUT2D eigenvalue weighted by Gasteiger charge is 2.26. The Morgan fingerprint density at radius 1 is 1.16 bits per heavy atom. The van der Waals surface area contributed by atoms with Crippen molar-refractivity contribution in [2.24, 2.45) is 0 Å². The van der Waals surface area contributed by atoms with Gasteiger partial charge in [-0.2, -0.15) is 0 Å². The summed E-state index contributed by atoms with van der Waals surface area (Å²) in [5, 5.41) is 4.91. The second-order valence-electron chi connectivity index (χ2n) is 7.74. The predicted molar refractivity (Wildman–Crippen MR) is 123 cm³/mol. The van der Waals surface area contributed by atoms with E-state index in [4.69, 9.17) is 16.3 Å². The van der Waals surface area contributed by atoms with E-state index in [0.29, 0.717) is 17.2 Å². The van der Waals surface area contributed by atoms with E-state index in [2.05, 4.69) is 15.2 Å². The number of rotatable bonds is 8. The van der Waals surface area contributed by atoms with Crippen LogP contribution < -0.4 is 15.6 Å². The first-order valence-electron chi connectivity index (χ1n) is 10.6. The van der Waals surface area contributed by atoms with Crippen LogP contribution in [-0.4, -0.2) is 49.0 Å². The first-order chi connectivity index (χ1) is 15.2. The van der Waals surface area contributed by atoms with Gasteiger partial charge in [-0.15, -0.1) is 0 Å². The summed E-state index contributed by atoms with van der Waals surface area (Å²) in [6, 6.07) is 14.8. The Morgan fingerprint density at radius 3 is 2.90 bits per heavy atom. The lowest BCUT2D eigenvalue weighted by Gasteiger charge is -2.37. The highest BCUT2D eigenvalue weighted by molar-refractivity contribution is 6.33. The maximum atomic E-state index is 11.6. The molecule has 31 heavy (non-hydrogen) atoms. The molecule has 7 heteroatoms. The standard InChI is InChI=1S/C24H26ClN3O3/c25-21-5-3-4-19(20(21)16-29)23-15-26-10-12-28(23)11-1-2-13-31-18-8-6-17-7-9-24(30)27-22(17)14-18/h3-9,14,16,23,26H,1-2,10-13,15H2,(H,27,30). The molecule has 3 aromatic rings. The van der Waals surface area contributed by atoms with Crippen LogP contribution in [0.3, 0.4) is 0 Å². The van der Waals surface area contributed by atoms with E-state index >= 15 is 0 Å². The largest absolute Gasteiger partial charge is 0.494 e. The Kier molecular flexibility index (Phi) is 7.02. The van der Waals surface area contributed by atoms with Crippen LogP contribution in [-0.2, 0) is 0 Å². The Hall–Kier alpha value is -2.67. The Balaban J connectivity index is 1.32. The van der Waals surface area contributed by atoms with Crippen LogP contribution in [0, 0.1) is 0 Å². The lowest BCUT2D eigenvalue weighted by molar-refractivity contribution is 0.111. The first kappa shape index (κ1) is 21.6. The number of nitrogens with zero attached hydrogens (tertiary/aromatic N) is 1. The number of hydrogen-bond donors (Lipinski definition) is 2. The number of nitrogens with one attached hydrogen (secondary N) is 2. The van der Waals surface area contributed by atoms with Gasteiger partial charge in [-0.05, 0) is 54.6 Å². The fraction of sp³-hybridized carbons (Fsp3) is 0.333. The minimum absolute atomic E-state index is 0.118. The van der Waals surface area contributed by atoms with E-state index in [0.717, 1.165) is 67.5 Å². The van der Waals surface area contributed by atoms with Crippen LogP contribution in [0.15, 0.2) is 53.3 Å². The average molecular weight is 440 g/mol. The minimum atomic E-state index is -0.118. The van der Waals surface area contributed by atoms with Crippen molar-refractivity contribution < 1.29 is 9.53 Å². The van der Waals surface area contributed by atoms with Crippen LogP contribution in [0.1, 0.15) is 34.8 Å². The van der Waals surface area contributed by atoms with Crippen molar-refractivity contribution in [3.05, 3.63) is 75.0 Å². The number of ether oxygens (including phenoxy) is 1. The van der Waals surface area contributed by atoms with E-state index in [-0.39, 0.29) is 11.6 Å². The van der Waals surface area contributed by atoms with Crippen molar-refractivity contribution >= 4 is 28.8 Å². The van der Waals surface area contributed by atoms with Gasteiger partial charge in [0.1, 0.15) is 5.75 Å². The molecule has 1 atom stereocenters. The second-order valence-corrected chi connectivity index (χ2v) is 8.15. The van der Waals surface area contributed by atoms with Crippen molar-refractivity contribution in [1.82, 2.24) is 15.2 Å². The Bertz CT molecular complexity index is 1110. The van der Waals surface area contributed by atoms with E-state index < -0.39 is 0 Å². The number of H-pyrrole nitrogens is 1. The molecule has 1 fully saturated rings. The quantitative estimate of drug-likeness (QED) is 0.412. The monoisotopic (exact) mass is 439 g/mol. The molecular weight excluding hydrogens is 414 g/mol. The number of halogens is 1. The molecule has 1 aromatic heterocycles. The number of aromatic amines is 1. The van der Waals surface area contributed by atoms with E-state index in [1.54, 1.807) is 12.1 Å². The lowest BCUT2D eigenvalue weighted by Crippen LogP contribution is -2.46. The molecule has 0 saturated carbocycles. The van der Waals surface area contributed by atoms with E-state index in [1.165, 1.54) is 6.07 Å². The van der Waals surface area contributed by atoms with Crippen LogP contribution in [0.4, 0.5) is 0 Å². The number of carbonyl (C=O) groups is 1. The summed E-state index contributed by atoms with van der Waals surface area (Å²) in [7, 11) is 0. The van der Waals surface area contributed by atoms with Gasteiger partial charge in [0.25, 0.3) is 0 Å². The second kappa shape index (κ2) is 10.1. The number of aldehydes is 1. The van der Waals surface area contributed by atoms with Gasteiger partial charge >= 0.3 is 0 Å². The molecule has 0 amide bonds. The number of unbranched alkanes of at least 4 members (excludes halogenated alkanes) is 1. The lowest BCUT2D eigenvalue weighted by atomic mass is 9.97. The van der Waals surface area contributed by atoms with E-state index in [1.807, 2.05) is 30.3 Å². The van der Waals surface area contributed by atoms with Crippen molar-refractivity contribution in [3.63, 3.8) is 0 Å². The van der Waals surface area contributed by atoms with Gasteiger partial charge in [-0.25, -0.2) is 0 Å². The zero-order valence-electron chi connectivity index (χ0n) is 17.3. The highest BCUT2D eigenvalue weighted by Crippen LogP contribution is 2.29. The van der Waals surface area contributed by atoms with Crippen molar-refractivity contribution in [2.45, 2.75) is 18.9 Å². The van der Waals surface area contributed by atoms with Crippen molar-refractivity contribution in [2.75, 3.05) is 32.8 Å². The molecule has 0 spiro atoms. The third-order valence-corrected chi connectivity index (χ3v) is 6.05. The summed E-state index contributed by atoms with van der Waals surface area (Å²) in [5.74, 6) is 0.754. The third-order valence-electron chi connectivity index (χ3n) is 5.72. The number of carbonyl (C=O) groups excluding carboxylic acids is 1. The summed E-state index contributed by atoms with van der Waals surface area (Å²) in [6.45, 7) is 4.18. The number of fused-ring (bicyclic) bond motifs is 1. The highest BCUT2D eigenvalue weighted by atomic mass is 35.5. The summed E-state index contributed by atoms with van der Waals surface area (Å²) in [6.07, 6.45) is 2.75. The molecule has 0 radical (unpaired) electrons. The Morgan fingerprint density at radius 2 is 2.03 bits per heavy atom. The van der Waals surface area contributed by atoms with Crippen LogP contribution >= 0.6 is 11.6 Å². The molecule has 162 valence electrons. The SMILES string of the molecule is O=Cc1c(Cl)cccc1C1CNCCN1CCCCOc1ccc2ccc(=O)[nH]c2c1. The summed E-state index contributed by atoms with van der Waals surface area (Å²) < 4.78 is 5.89. The van der Waals surface area contributed by atoms with Gasteiger partial charge < -0.3 is 15.0 Å². The van der Waals surface area contributed by atoms with Gasteiger partial charge in [-0.1, -0.05) is 23.7 Å². The summed E-state index contributed by atoms with van der Waals surface area (Å²) in [4.78, 5) is 28.3. The maximum Gasteiger partial charge on any atom is 0.248 e. The molecular formula is C24H26ClN3O3. The molecule has 4 rings (SSSR count). The van der Waals surface area contributed by atoms with Crippen molar-refractivity contribution in [1.29, 1.82) is 0 Å². The smallest absolute Gasteiger partial charge is 0.248 e. The molecule has 2 heterocycles. The fourth-order valence-electron chi connectivity index (χ4n) is 4.11. The number of benzene rings is 2. The minimum Gasteiger partial charge on any atom is -0.494 e.